The SMILES string of the molecule is Cc1ccc(C(C)C)cc1Oc1cccc(Br)n1. The smallest absolute Gasteiger partial charge is 0.220 e. The van der Waals surface area contributed by atoms with Crippen LogP contribution in [-0.2, 0) is 0 Å². The summed E-state index contributed by atoms with van der Waals surface area (Å²) in [5, 5.41) is 0. The number of pyridine rings is 1. The number of aryl methyl sites for hydroxylation is 1. The standard InChI is InChI=1S/C15H16BrNO/c1-10(2)12-8-7-11(3)13(9-12)18-15-6-4-5-14(16)17-15/h4-10H,1-3H3. The molecule has 1 aromatic carbocycles. The molecule has 0 saturated carbocycles. The summed E-state index contributed by atoms with van der Waals surface area (Å²) in [7, 11) is 0. The second-order valence-electron chi connectivity index (χ2n) is 4.58. The zero-order valence-electron chi connectivity index (χ0n) is 10.8. The van der Waals surface area contributed by atoms with Crippen LogP contribution in [0.5, 0.6) is 11.6 Å². The predicted octanol–water partition coefficient (Wildman–Crippen LogP) is 5.07. The summed E-state index contributed by atoms with van der Waals surface area (Å²) in [6.07, 6.45) is 0. The van der Waals surface area contributed by atoms with Crippen LogP contribution in [-0.4, -0.2) is 4.98 Å². The molecule has 2 rings (SSSR count). The van der Waals surface area contributed by atoms with E-state index in [4.69, 9.17) is 4.74 Å². The third kappa shape index (κ3) is 3.10. The molecule has 1 heterocycles. The molecule has 0 spiro atoms. The summed E-state index contributed by atoms with van der Waals surface area (Å²) >= 11 is 3.34. The normalized spacial score (nSPS) is 10.7. The predicted molar refractivity (Wildman–Crippen MR) is 77.3 cm³/mol. The quantitative estimate of drug-likeness (QED) is 0.739. The Hall–Kier alpha value is -1.35. The molecule has 2 aromatic rings. The number of rotatable bonds is 3. The molecular formula is C15H16BrNO. The molecule has 2 nitrogen and oxygen atoms in total. The van der Waals surface area contributed by atoms with Crippen LogP contribution in [0.25, 0.3) is 0 Å². The minimum Gasteiger partial charge on any atom is -0.439 e. The molecule has 0 aliphatic rings. The topological polar surface area (TPSA) is 22.1 Å². The summed E-state index contributed by atoms with van der Waals surface area (Å²) in [5.41, 5.74) is 2.38. The van der Waals surface area contributed by atoms with Crippen molar-refractivity contribution in [3.63, 3.8) is 0 Å². The van der Waals surface area contributed by atoms with Gasteiger partial charge < -0.3 is 4.74 Å². The van der Waals surface area contributed by atoms with Crippen molar-refractivity contribution in [2.75, 3.05) is 0 Å². The fourth-order valence-electron chi connectivity index (χ4n) is 1.64. The lowest BCUT2D eigenvalue weighted by Crippen LogP contribution is -1.93. The molecular weight excluding hydrogens is 290 g/mol. The molecule has 0 aliphatic carbocycles. The molecule has 0 amide bonds. The van der Waals surface area contributed by atoms with E-state index in [0.29, 0.717) is 11.8 Å². The van der Waals surface area contributed by atoms with E-state index in [9.17, 15) is 0 Å². The van der Waals surface area contributed by atoms with E-state index in [2.05, 4.69) is 53.0 Å². The number of halogens is 1. The van der Waals surface area contributed by atoms with Crippen molar-refractivity contribution in [2.24, 2.45) is 0 Å². The first-order valence-corrected chi connectivity index (χ1v) is 6.76. The Morgan fingerprint density at radius 1 is 1.17 bits per heavy atom. The van der Waals surface area contributed by atoms with Crippen LogP contribution in [0.2, 0.25) is 0 Å². The Balaban J connectivity index is 2.30. The van der Waals surface area contributed by atoms with Gasteiger partial charge in [-0.2, -0.15) is 0 Å². The Morgan fingerprint density at radius 2 is 1.94 bits per heavy atom. The second-order valence-corrected chi connectivity index (χ2v) is 5.39. The highest BCUT2D eigenvalue weighted by molar-refractivity contribution is 9.10. The molecule has 0 fully saturated rings. The van der Waals surface area contributed by atoms with Gasteiger partial charge in [0.2, 0.25) is 5.88 Å². The van der Waals surface area contributed by atoms with Gasteiger partial charge in [0.15, 0.2) is 0 Å². The van der Waals surface area contributed by atoms with Crippen molar-refractivity contribution in [1.29, 1.82) is 0 Å². The molecule has 0 unspecified atom stereocenters. The zero-order valence-corrected chi connectivity index (χ0v) is 12.4. The molecule has 0 saturated heterocycles. The van der Waals surface area contributed by atoms with Gasteiger partial charge in [0.1, 0.15) is 10.4 Å². The molecule has 0 radical (unpaired) electrons. The van der Waals surface area contributed by atoms with Gasteiger partial charge in [0, 0.05) is 6.07 Å². The Bertz CT molecular complexity index is 552. The highest BCUT2D eigenvalue weighted by Crippen LogP contribution is 2.28. The van der Waals surface area contributed by atoms with Gasteiger partial charge in [-0.05, 0) is 52.0 Å². The maximum absolute atomic E-state index is 5.84. The Kier molecular flexibility index (Phi) is 4.02. The lowest BCUT2D eigenvalue weighted by atomic mass is 10.0. The number of nitrogens with zero attached hydrogens (tertiary/aromatic N) is 1. The molecule has 94 valence electrons. The van der Waals surface area contributed by atoms with Crippen LogP contribution >= 0.6 is 15.9 Å². The third-order valence-electron chi connectivity index (χ3n) is 2.78. The lowest BCUT2D eigenvalue weighted by Gasteiger charge is -2.12. The average Bonchev–Trinajstić information content (AvgIpc) is 2.31. The monoisotopic (exact) mass is 305 g/mol. The number of benzene rings is 1. The summed E-state index contributed by atoms with van der Waals surface area (Å²) in [4.78, 5) is 4.28. The Morgan fingerprint density at radius 3 is 2.61 bits per heavy atom. The highest BCUT2D eigenvalue weighted by atomic mass is 79.9. The van der Waals surface area contributed by atoms with E-state index in [0.717, 1.165) is 15.9 Å². The van der Waals surface area contributed by atoms with Gasteiger partial charge >= 0.3 is 0 Å². The molecule has 0 bridgehead atoms. The van der Waals surface area contributed by atoms with Gasteiger partial charge in [0.25, 0.3) is 0 Å². The summed E-state index contributed by atoms with van der Waals surface area (Å²) < 4.78 is 6.62. The largest absolute Gasteiger partial charge is 0.439 e. The van der Waals surface area contributed by atoms with E-state index in [1.807, 2.05) is 25.1 Å². The van der Waals surface area contributed by atoms with Gasteiger partial charge in [-0.15, -0.1) is 0 Å². The molecule has 0 aliphatic heterocycles. The number of ether oxygens (including phenoxy) is 1. The molecule has 0 atom stereocenters. The van der Waals surface area contributed by atoms with Crippen molar-refractivity contribution in [2.45, 2.75) is 26.7 Å². The Labute approximate surface area is 116 Å². The van der Waals surface area contributed by atoms with E-state index in [1.165, 1.54) is 5.56 Å². The van der Waals surface area contributed by atoms with Crippen molar-refractivity contribution in [1.82, 2.24) is 4.98 Å². The van der Waals surface area contributed by atoms with E-state index < -0.39 is 0 Å². The van der Waals surface area contributed by atoms with Crippen LogP contribution in [0, 0.1) is 6.92 Å². The van der Waals surface area contributed by atoms with Crippen LogP contribution in [0.4, 0.5) is 0 Å². The van der Waals surface area contributed by atoms with Crippen LogP contribution in [0.3, 0.4) is 0 Å². The molecule has 0 N–H and O–H groups in total. The van der Waals surface area contributed by atoms with Crippen LogP contribution in [0.15, 0.2) is 41.0 Å². The van der Waals surface area contributed by atoms with Gasteiger partial charge in [-0.3, -0.25) is 0 Å². The van der Waals surface area contributed by atoms with E-state index >= 15 is 0 Å². The second kappa shape index (κ2) is 5.53. The van der Waals surface area contributed by atoms with Crippen molar-refractivity contribution in [3.05, 3.63) is 52.1 Å². The minimum absolute atomic E-state index is 0.489. The highest BCUT2D eigenvalue weighted by Gasteiger charge is 2.06. The fourth-order valence-corrected chi connectivity index (χ4v) is 1.97. The molecule has 3 heteroatoms. The van der Waals surface area contributed by atoms with Crippen molar-refractivity contribution < 1.29 is 4.74 Å². The van der Waals surface area contributed by atoms with Gasteiger partial charge in [-0.1, -0.05) is 32.0 Å². The molecule has 18 heavy (non-hydrogen) atoms. The number of hydrogen-bond acceptors (Lipinski definition) is 2. The molecule has 1 aromatic heterocycles. The first-order valence-electron chi connectivity index (χ1n) is 5.97. The first kappa shape index (κ1) is 13.1. The third-order valence-corrected chi connectivity index (χ3v) is 3.22. The maximum Gasteiger partial charge on any atom is 0.220 e. The summed E-state index contributed by atoms with van der Waals surface area (Å²) in [5.74, 6) is 1.96. The average molecular weight is 306 g/mol. The van der Waals surface area contributed by atoms with Crippen molar-refractivity contribution in [3.8, 4) is 11.6 Å². The van der Waals surface area contributed by atoms with E-state index in [-0.39, 0.29) is 0 Å². The minimum atomic E-state index is 0.489. The van der Waals surface area contributed by atoms with E-state index in [1.54, 1.807) is 0 Å². The van der Waals surface area contributed by atoms with Crippen molar-refractivity contribution >= 4 is 15.9 Å². The van der Waals surface area contributed by atoms with Gasteiger partial charge in [0.05, 0.1) is 0 Å². The van der Waals surface area contributed by atoms with Crippen LogP contribution < -0.4 is 4.74 Å². The first-order chi connectivity index (χ1) is 8.56. The maximum atomic E-state index is 5.84. The van der Waals surface area contributed by atoms with Gasteiger partial charge in [-0.25, -0.2) is 4.98 Å². The number of hydrogen-bond donors (Lipinski definition) is 0. The fraction of sp³-hybridized carbons (Fsp3) is 0.267. The van der Waals surface area contributed by atoms with Crippen LogP contribution in [0.1, 0.15) is 30.9 Å². The summed E-state index contributed by atoms with van der Waals surface area (Å²) in [6, 6.07) is 12.0. The number of aromatic nitrogens is 1. The lowest BCUT2D eigenvalue weighted by molar-refractivity contribution is 0.457. The summed E-state index contributed by atoms with van der Waals surface area (Å²) in [6.45, 7) is 6.38. The zero-order chi connectivity index (χ0) is 13.1.